The fourth-order valence-corrected chi connectivity index (χ4v) is 1.57. The van der Waals surface area contributed by atoms with Gasteiger partial charge >= 0.3 is 5.97 Å². The summed E-state index contributed by atoms with van der Waals surface area (Å²) >= 11 is 0. The number of benzene rings is 1. The summed E-state index contributed by atoms with van der Waals surface area (Å²) < 4.78 is 13.0. The number of aromatic nitrogens is 1. The van der Waals surface area contributed by atoms with E-state index in [1.165, 1.54) is 12.1 Å². The van der Waals surface area contributed by atoms with Gasteiger partial charge in [-0.1, -0.05) is 12.1 Å². The molecule has 86 valence electrons. The van der Waals surface area contributed by atoms with Crippen LogP contribution in [-0.2, 0) is 0 Å². The molecule has 0 amide bonds. The van der Waals surface area contributed by atoms with E-state index in [1.54, 1.807) is 18.3 Å². The fourth-order valence-electron chi connectivity index (χ4n) is 1.57. The van der Waals surface area contributed by atoms with Crippen molar-refractivity contribution in [2.24, 2.45) is 0 Å². The summed E-state index contributed by atoms with van der Waals surface area (Å²) in [6.45, 7) is 1.84. The Hall–Kier alpha value is -2.23. The molecule has 1 aromatic carbocycles. The lowest BCUT2D eigenvalue weighted by atomic mass is 10.0. The van der Waals surface area contributed by atoms with E-state index in [4.69, 9.17) is 5.11 Å². The Morgan fingerprint density at radius 2 is 2.06 bits per heavy atom. The minimum Gasteiger partial charge on any atom is -0.478 e. The Morgan fingerprint density at radius 1 is 1.29 bits per heavy atom. The first-order valence-electron chi connectivity index (χ1n) is 5.04. The lowest BCUT2D eigenvalue weighted by Crippen LogP contribution is -2.00. The Bertz CT molecular complexity index is 564. The van der Waals surface area contributed by atoms with Gasteiger partial charge in [0.25, 0.3) is 0 Å². The molecule has 17 heavy (non-hydrogen) atoms. The van der Waals surface area contributed by atoms with Gasteiger partial charge in [-0.3, -0.25) is 4.98 Å². The van der Waals surface area contributed by atoms with Crippen molar-refractivity contribution >= 4 is 5.97 Å². The van der Waals surface area contributed by atoms with Crippen LogP contribution < -0.4 is 0 Å². The van der Waals surface area contributed by atoms with Crippen LogP contribution >= 0.6 is 0 Å². The topological polar surface area (TPSA) is 50.2 Å². The van der Waals surface area contributed by atoms with E-state index < -0.39 is 11.8 Å². The summed E-state index contributed by atoms with van der Waals surface area (Å²) in [5.41, 5.74) is 1.91. The molecule has 1 aromatic heterocycles. The molecule has 2 aromatic rings. The highest BCUT2D eigenvalue weighted by Crippen LogP contribution is 2.24. The average molecular weight is 231 g/mol. The van der Waals surface area contributed by atoms with E-state index in [2.05, 4.69) is 4.98 Å². The second kappa shape index (κ2) is 4.33. The van der Waals surface area contributed by atoms with Crippen LogP contribution in [0.2, 0.25) is 0 Å². The molecule has 0 saturated carbocycles. The maximum atomic E-state index is 13.0. The number of hydrogen-bond donors (Lipinski definition) is 1. The van der Waals surface area contributed by atoms with E-state index in [-0.39, 0.29) is 5.56 Å². The van der Waals surface area contributed by atoms with E-state index in [1.807, 2.05) is 6.92 Å². The zero-order chi connectivity index (χ0) is 12.4. The van der Waals surface area contributed by atoms with Gasteiger partial charge in [0.05, 0.1) is 5.56 Å². The van der Waals surface area contributed by atoms with Gasteiger partial charge in [0, 0.05) is 17.5 Å². The molecular formula is C13H10FNO2. The van der Waals surface area contributed by atoms with Crippen molar-refractivity contribution in [1.29, 1.82) is 0 Å². The minimum absolute atomic E-state index is 0.0596. The number of nitrogens with zero attached hydrogens (tertiary/aromatic N) is 1. The minimum atomic E-state index is -1.15. The van der Waals surface area contributed by atoms with Crippen LogP contribution in [0.3, 0.4) is 0 Å². The van der Waals surface area contributed by atoms with Crippen LogP contribution in [0.15, 0.2) is 36.5 Å². The van der Waals surface area contributed by atoms with Gasteiger partial charge < -0.3 is 5.11 Å². The van der Waals surface area contributed by atoms with Crippen LogP contribution in [-0.4, -0.2) is 16.1 Å². The summed E-state index contributed by atoms with van der Waals surface area (Å²) in [6, 6.07) is 7.25. The predicted molar refractivity (Wildman–Crippen MR) is 61.3 cm³/mol. The lowest BCUT2D eigenvalue weighted by molar-refractivity contribution is 0.0697. The standard InChI is InChI=1S/C13H10FNO2/c1-8-2-3-9(7-15-8)11-5-4-10(14)6-12(11)13(16)17/h2-7H,1H3,(H,16,17). The number of aromatic carboxylic acids is 1. The summed E-state index contributed by atoms with van der Waals surface area (Å²) in [7, 11) is 0. The molecule has 0 spiro atoms. The molecule has 0 fully saturated rings. The normalized spacial score (nSPS) is 10.2. The number of aryl methyl sites for hydroxylation is 1. The van der Waals surface area contributed by atoms with Crippen molar-refractivity contribution in [3.63, 3.8) is 0 Å². The third-order valence-electron chi connectivity index (χ3n) is 2.43. The molecule has 0 aliphatic heterocycles. The summed E-state index contributed by atoms with van der Waals surface area (Å²) in [5, 5.41) is 9.02. The number of pyridine rings is 1. The molecule has 1 N–H and O–H groups in total. The van der Waals surface area contributed by atoms with E-state index in [9.17, 15) is 9.18 Å². The van der Waals surface area contributed by atoms with E-state index >= 15 is 0 Å². The van der Waals surface area contributed by atoms with Crippen molar-refractivity contribution in [3.05, 3.63) is 53.6 Å². The summed E-state index contributed by atoms with van der Waals surface area (Å²) in [5.74, 6) is -1.72. The Kier molecular flexibility index (Phi) is 2.87. The first kappa shape index (κ1) is 11.3. The molecule has 0 saturated heterocycles. The van der Waals surface area contributed by atoms with Crippen LogP contribution in [0.5, 0.6) is 0 Å². The predicted octanol–water partition coefficient (Wildman–Crippen LogP) is 2.89. The van der Waals surface area contributed by atoms with E-state index in [0.29, 0.717) is 11.1 Å². The largest absolute Gasteiger partial charge is 0.478 e. The molecule has 3 nitrogen and oxygen atoms in total. The molecule has 0 unspecified atom stereocenters. The van der Waals surface area contributed by atoms with Gasteiger partial charge in [0.15, 0.2) is 0 Å². The number of hydrogen-bond acceptors (Lipinski definition) is 2. The van der Waals surface area contributed by atoms with E-state index in [0.717, 1.165) is 11.8 Å². The SMILES string of the molecule is Cc1ccc(-c2ccc(F)cc2C(=O)O)cn1. The number of carbonyl (C=O) groups is 1. The maximum Gasteiger partial charge on any atom is 0.336 e. The first-order chi connectivity index (χ1) is 8.08. The monoisotopic (exact) mass is 231 g/mol. The van der Waals surface area contributed by atoms with Crippen molar-refractivity contribution in [2.45, 2.75) is 6.92 Å². The number of carboxylic acid groups (broad SMARTS) is 1. The average Bonchev–Trinajstić information content (AvgIpc) is 2.30. The Balaban J connectivity index is 2.58. The molecule has 2 rings (SSSR count). The maximum absolute atomic E-state index is 13.0. The molecule has 0 aliphatic carbocycles. The Labute approximate surface area is 97.6 Å². The fraction of sp³-hybridized carbons (Fsp3) is 0.0769. The third-order valence-corrected chi connectivity index (χ3v) is 2.43. The van der Waals surface area contributed by atoms with Crippen molar-refractivity contribution in [1.82, 2.24) is 4.98 Å². The summed E-state index contributed by atoms with van der Waals surface area (Å²) in [4.78, 5) is 15.1. The second-order valence-corrected chi connectivity index (χ2v) is 3.68. The number of carboxylic acids is 1. The quantitative estimate of drug-likeness (QED) is 0.864. The van der Waals surface area contributed by atoms with Crippen LogP contribution in [0.1, 0.15) is 16.1 Å². The smallest absolute Gasteiger partial charge is 0.336 e. The van der Waals surface area contributed by atoms with Gasteiger partial charge in [0.2, 0.25) is 0 Å². The molecule has 0 atom stereocenters. The third kappa shape index (κ3) is 2.30. The molecule has 4 heteroatoms. The molecule has 0 radical (unpaired) electrons. The van der Waals surface area contributed by atoms with Gasteiger partial charge in [-0.15, -0.1) is 0 Å². The number of halogens is 1. The van der Waals surface area contributed by atoms with Gasteiger partial charge in [-0.05, 0) is 30.7 Å². The van der Waals surface area contributed by atoms with Gasteiger partial charge in [-0.2, -0.15) is 0 Å². The van der Waals surface area contributed by atoms with Gasteiger partial charge in [0.1, 0.15) is 5.82 Å². The van der Waals surface area contributed by atoms with Crippen molar-refractivity contribution in [2.75, 3.05) is 0 Å². The lowest BCUT2D eigenvalue weighted by Gasteiger charge is -2.06. The van der Waals surface area contributed by atoms with Crippen molar-refractivity contribution in [3.8, 4) is 11.1 Å². The zero-order valence-electron chi connectivity index (χ0n) is 9.14. The summed E-state index contributed by atoms with van der Waals surface area (Å²) in [6.07, 6.45) is 1.58. The van der Waals surface area contributed by atoms with Gasteiger partial charge in [-0.25, -0.2) is 9.18 Å². The highest BCUT2D eigenvalue weighted by molar-refractivity contribution is 5.95. The highest BCUT2D eigenvalue weighted by Gasteiger charge is 2.12. The first-order valence-corrected chi connectivity index (χ1v) is 5.04. The van der Waals surface area contributed by atoms with Crippen LogP contribution in [0, 0.1) is 12.7 Å². The highest BCUT2D eigenvalue weighted by atomic mass is 19.1. The number of rotatable bonds is 2. The Morgan fingerprint density at radius 3 is 2.65 bits per heavy atom. The molecule has 1 heterocycles. The molecule has 0 aliphatic rings. The zero-order valence-corrected chi connectivity index (χ0v) is 9.14. The van der Waals surface area contributed by atoms with Crippen LogP contribution in [0.25, 0.3) is 11.1 Å². The second-order valence-electron chi connectivity index (χ2n) is 3.68. The molecular weight excluding hydrogens is 221 g/mol. The molecule has 0 bridgehead atoms. The van der Waals surface area contributed by atoms with Crippen LogP contribution in [0.4, 0.5) is 4.39 Å². The van der Waals surface area contributed by atoms with Crippen molar-refractivity contribution < 1.29 is 14.3 Å².